The van der Waals surface area contributed by atoms with E-state index in [2.05, 4.69) is 0 Å². The third kappa shape index (κ3) is 2400. The van der Waals surface area contributed by atoms with Crippen LogP contribution in [0.25, 0.3) is 0 Å². The molecule has 0 unspecified atom stereocenters. The van der Waals surface area contributed by atoms with Crippen molar-refractivity contribution in [3.8, 4) is 0 Å². The van der Waals surface area contributed by atoms with Gasteiger partial charge in [-0.25, -0.2) is 0 Å². The summed E-state index contributed by atoms with van der Waals surface area (Å²) in [7, 11) is -14.1. The first-order valence-electron chi connectivity index (χ1n) is 1.90. The minimum atomic E-state index is -4.69. The molecule has 0 aromatic rings. The summed E-state index contributed by atoms with van der Waals surface area (Å²) in [5.74, 6) is 0. The van der Waals surface area contributed by atoms with Crippen molar-refractivity contribution in [2.24, 2.45) is 0 Å². The second-order valence-corrected chi connectivity index (χ2v) is 3.56. The second-order valence-electron chi connectivity index (χ2n) is 1.19. The fourth-order valence-electron chi connectivity index (χ4n) is 0. The zero-order valence-electron chi connectivity index (χ0n) is 6.56. The molecular formula is H4Cl3IO12. The Hall–Kier alpha value is 1.12. The third-order valence-electron chi connectivity index (χ3n) is 0. The lowest BCUT2D eigenvalue weighted by atomic mass is 15.8. The zero-order valence-corrected chi connectivity index (χ0v) is 11.2. The first kappa shape index (κ1) is 25.8. The van der Waals surface area contributed by atoms with Crippen LogP contribution in [0.3, 0.4) is 0 Å². The lowest BCUT2D eigenvalue weighted by Gasteiger charge is -2.03. The highest BCUT2D eigenvalue weighted by Crippen LogP contribution is 1.61. The van der Waals surface area contributed by atoms with E-state index >= 15 is 0 Å². The zero-order chi connectivity index (χ0) is 13.5. The van der Waals surface area contributed by atoms with Gasteiger partial charge >= 0.3 is 0 Å². The molecule has 0 aromatic heterocycles. The van der Waals surface area contributed by atoms with E-state index in [-0.39, 0.29) is 24.0 Å². The predicted molar refractivity (Wildman–Crippen MR) is 22.1 cm³/mol. The molecule has 0 saturated carbocycles. The Balaban J connectivity index is -0.0000000655. The Morgan fingerprint density at radius 2 is 0.438 bits per heavy atom. The van der Waals surface area contributed by atoms with Crippen molar-refractivity contribution in [1.29, 1.82) is 0 Å². The number of hydrogen-bond donors (Lipinski definition) is 3. The van der Waals surface area contributed by atoms with Crippen LogP contribution in [0.15, 0.2) is 0 Å². The summed E-state index contributed by atoms with van der Waals surface area (Å²) in [6.45, 7) is 0. The van der Waals surface area contributed by atoms with Crippen LogP contribution in [0, 0.1) is 30.7 Å². The van der Waals surface area contributed by atoms with E-state index in [0.29, 0.717) is 0 Å². The standard InChI is InChI=1S/3ClHO4.HI/c3*2-1(3,4)5;/h3*(H,2,3,4,5);1H. The first-order valence-corrected chi connectivity index (χ1v) is 5.69. The van der Waals surface area contributed by atoms with E-state index in [4.69, 9.17) is 55.9 Å². The first-order chi connectivity index (χ1) is 6.00. The summed E-state index contributed by atoms with van der Waals surface area (Å²) < 4.78 is 98.2. The molecule has 0 rings (SSSR count). The summed E-state index contributed by atoms with van der Waals surface area (Å²) in [6, 6.07) is 0. The fraction of sp³-hybridized carbons (Fsp3) is 0. The molecule has 104 valence electrons. The highest BCUT2D eigenvalue weighted by Gasteiger charge is 1.99. The van der Waals surface area contributed by atoms with Crippen LogP contribution in [-0.2, 0) is 0 Å². The van der Waals surface area contributed by atoms with Crippen LogP contribution in [0.1, 0.15) is 0 Å². The van der Waals surface area contributed by atoms with Crippen LogP contribution in [0.5, 0.6) is 0 Å². The van der Waals surface area contributed by atoms with Crippen molar-refractivity contribution in [3.63, 3.8) is 0 Å². The SMILES string of the molecule is I.[O-][Cl+3]([O-])([O-])O.[O-][Cl+3]([O-])([O-])O.[O-][Cl+3]([O-])([O-])O. The summed E-state index contributed by atoms with van der Waals surface area (Å²) in [5, 5.41) is 0. The summed E-state index contributed by atoms with van der Waals surface area (Å²) in [6.07, 6.45) is 0. The molecule has 0 spiro atoms. The van der Waals surface area contributed by atoms with Gasteiger partial charge in [0.25, 0.3) is 0 Å². The third-order valence-corrected chi connectivity index (χ3v) is 0. The quantitative estimate of drug-likeness (QED) is 0.303. The number of hydrogen-bond acceptors (Lipinski definition) is 12. The van der Waals surface area contributed by atoms with E-state index in [0.717, 1.165) is 0 Å². The monoisotopic (exact) mass is 428 g/mol. The number of rotatable bonds is 0. The second kappa shape index (κ2) is 10.1. The van der Waals surface area contributed by atoms with E-state index in [9.17, 15) is 0 Å². The normalized spacial score (nSPS) is 11.2. The van der Waals surface area contributed by atoms with E-state index in [1.807, 2.05) is 0 Å². The molecule has 3 N–H and O–H groups in total. The van der Waals surface area contributed by atoms with Crippen LogP contribution in [0.4, 0.5) is 0 Å². The van der Waals surface area contributed by atoms with E-state index in [1.165, 1.54) is 0 Å². The molecule has 0 atom stereocenters. The maximum absolute atomic E-state index is 8.60. The lowest BCUT2D eigenvalue weighted by molar-refractivity contribution is -1.92. The largest absolute Gasteiger partial charge is 0.183 e. The van der Waals surface area contributed by atoms with Gasteiger partial charge in [0.15, 0.2) is 0 Å². The maximum Gasteiger partial charge on any atom is 0.0777 e. The molecule has 0 radical (unpaired) electrons. The van der Waals surface area contributed by atoms with Crippen LogP contribution >= 0.6 is 24.0 Å². The van der Waals surface area contributed by atoms with Gasteiger partial charge in [0.1, 0.15) is 0 Å². The predicted octanol–water partition coefficient (Wildman–Crippen LogP) is -11.8. The molecule has 0 aromatic carbocycles. The van der Waals surface area contributed by atoms with Gasteiger partial charge in [0.05, 0.1) is 44.7 Å². The molecule has 0 aliphatic heterocycles. The molecule has 0 fully saturated rings. The van der Waals surface area contributed by atoms with Crippen molar-refractivity contribution in [1.82, 2.24) is 0 Å². The summed E-state index contributed by atoms with van der Waals surface area (Å²) in [4.78, 5) is 0. The fourth-order valence-corrected chi connectivity index (χ4v) is 0. The average Bonchev–Trinajstić information content (AvgIpc) is 1.41. The molecular weight excluding hydrogens is 425 g/mol. The van der Waals surface area contributed by atoms with Gasteiger partial charge in [0.2, 0.25) is 0 Å². The smallest absolute Gasteiger partial charge is 0.0777 e. The van der Waals surface area contributed by atoms with Gasteiger partial charge in [-0.15, -0.1) is 24.0 Å². The van der Waals surface area contributed by atoms with Gasteiger partial charge in [-0.2, -0.15) is 41.9 Å². The Kier molecular flexibility index (Phi) is 16.3. The van der Waals surface area contributed by atoms with Gasteiger partial charge in [-0.05, 0) is 0 Å². The lowest BCUT2D eigenvalue weighted by Crippen LogP contribution is -2.58. The summed E-state index contributed by atoms with van der Waals surface area (Å²) >= 11 is 0. The highest BCUT2D eigenvalue weighted by atomic mass is 127. The molecule has 0 aliphatic carbocycles. The number of halogens is 4. The molecule has 0 heterocycles. The van der Waals surface area contributed by atoms with E-state index in [1.54, 1.807) is 0 Å². The molecule has 16 heteroatoms. The summed E-state index contributed by atoms with van der Waals surface area (Å²) in [5.41, 5.74) is 0. The van der Waals surface area contributed by atoms with Crippen LogP contribution in [0.2, 0.25) is 0 Å². The van der Waals surface area contributed by atoms with Gasteiger partial charge in [0, 0.05) is 0 Å². The minimum Gasteiger partial charge on any atom is -0.183 e. The molecule has 0 aliphatic rings. The van der Waals surface area contributed by atoms with E-state index < -0.39 is 30.7 Å². The molecule has 0 amide bonds. The molecule has 0 bridgehead atoms. The Bertz CT molecular complexity index is 91.3. The maximum atomic E-state index is 8.60. The average molecular weight is 429 g/mol. The Morgan fingerprint density at radius 3 is 0.438 bits per heavy atom. The van der Waals surface area contributed by atoms with Crippen molar-refractivity contribution in [2.75, 3.05) is 0 Å². The topological polar surface area (TPSA) is 268 Å². The highest BCUT2D eigenvalue weighted by molar-refractivity contribution is 14.0. The van der Waals surface area contributed by atoms with Crippen molar-refractivity contribution in [2.45, 2.75) is 0 Å². The molecule has 12 nitrogen and oxygen atoms in total. The van der Waals surface area contributed by atoms with Gasteiger partial charge in [-0.1, -0.05) is 0 Å². The van der Waals surface area contributed by atoms with Crippen molar-refractivity contribution < 1.29 is 86.6 Å². The van der Waals surface area contributed by atoms with Crippen molar-refractivity contribution >= 4 is 24.0 Å². The van der Waals surface area contributed by atoms with Crippen LogP contribution in [-0.4, -0.2) is 14.0 Å². The Labute approximate surface area is 110 Å². The molecule has 0 saturated heterocycles. The van der Waals surface area contributed by atoms with Gasteiger partial charge < -0.3 is 0 Å². The van der Waals surface area contributed by atoms with Crippen molar-refractivity contribution in [3.05, 3.63) is 0 Å². The Morgan fingerprint density at radius 1 is 0.438 bits per heavy atom. The van der Waals surface area contributed by atoms with Gasteiger partial charge in [-0.3, -0.25) is 0 Å². The molecule has 16 heavy (non-hydrogen) atoms. The van der Waals surface area contributed by atoms with Crippen LogP contribution < -0.4 is 41.9 Å². The minimum absolute atomic E-state index is 0.